The van der Waals surface area contributed by atoms with Crippen molar-refractivity contribution in [1.29, 1.82) is 0 Å². The van der Waals surface area contributed by atoms with E-state index in [0.29, 0.717) is 25.5 Å². The van der Waals surface area contributed by atoms with Gasteiger partial charge in [0.05, 0.1) is 18.1 Å². The highest BCUT2D eigenvalue weighted by atomic mass is 127. The topological polar surface area (TPSA) is 79.8 Å². The normalized spacial score (nSPS) is 19.5. The van der Waals surface area contributed by atoms with Crippen LogP contribution in [0.25, 0.3) is 0 Å². The van der Waals surface area contributed by atoms with Crippen LogP contribution in [-0.4, -0.2) is 52.1 Å². The lowest BCUT2D eigenvalue weighted by Gasteiger charge is -2.23. The van der Waals surface area contributed by atoms with Crippen molar-refractivity contribution in [2.45, 2.75) is 38.6 Å². The quantitative estimate of drug-likeness (QED) is 0.284. The van der Waals surface area contributed by atoms with E-state index in [4.69, 9.17) is 4.74 Å². The molecule has 26 heavy (non-hydrogen) atoms. The Morgan fingerprint density at radius 2 is 2.00 bits per heavy atom. The Bertz CT molecular complexity index is 715. The number of sulfone groups is 1. The van der Waals surface area contributed by atoms with Crippen LogP contribution in [0.4, 0.5) is 0 Å². The molecule has 148 valence electrons. The zero-order valence-corrected chi connectivity index (χ0v) is 19.1. The van der Waals surface area contributed by atoms with E-state index in [9.17, 15) is 8.42 Å². The number of rotatable bonds is 5. The molecule has 1 aliphatic heterocycles. The molecule has 1 atom stereocenters. The van der Waals surface area contributed by atoms with Gasteiger partial charge in [0.15, 0.2) is 15.8 Å². The van der Waals surface area contributed by atoms with Gasteiger partial charge < -0.3 is 15.4 Å². The Morgan fingerprint density at radius 1 is 1.31 bits per heavy atom. The maximum absolute atomic E-state index is 11.5. The molecule has 1 aromatic carbocycles. The third kappa shape index (κ3) is 6.94. The van der Waals surface area contributed by atoms with E-state index in [1.165, 1.54) is 5.56 Å². The van der Waals surface area contributed by atoms with Crippen molar-refractivity contribution in [3.05, 3.63) is 29.8 Å². The largest absolute Gasteiger partial charge is 0.491 e. The molecule has 1 heterocycles. The van der Waals surface area contributed by atoms with Crippen molar-refractivity contribution >= 4 is 39.8 Å². The number of aliphatic imine (C=N–C) groups is 1. The molecule has 1 saturated heterocycles. The first-order valence-electron chi connectivity index (χ1n) is 8.61. The van der Waals surface area contributed by atoms with Gasteiger partial charge in [0.1, 0.15) is 12.4 Å². The molecule has 0 bridgehead atoms. The number of nitrogens with one attached hydrogen (secondary N) is 2. The van der Waals surface area contributed by atoms with Crippen LogP contribution in [0.3, 0.4) is 0 Å². The van der Waals surface area contributed by atoms with E-state index in [1.54, 1.807) is 7.05 Å². The molecule has 1 aliphatic rings. The molecule has 1 unspecified atom stereocenters. The fraction of sp³-hybridized carbons (Fsp3) is 0.611. The Morgan fingerprint density at radius 3 is 2.58 bits per heavy atom. The summed E-state index contributed by atoms with van der Waals surface area (Å²) in [5, 5.41) is 6.33. The lowest BCUT2D eigenvalue weighted by molar-refractivity contribution is 0.313. The molecule has 2 N–H and O–H groups in total. The van der Waals surface area contributed by atoms with Crippen molar-refractivity contribution in [3.63, 3.8) is 0 Å². The van der Waals surface area contributed by atoms with Crippen molar-refractivity contribution in [2.24, 2.45) is 4.99 Å². The van der Waals surface area contributed by atoms with Crippen molar-refractivity contribution in [1.82, 2.24) is 10.6 Å². The van der Waals surface area contributed by atoms with Gasteiger partial charge >= 0.3 is 0 Å². The molecule has 0 saturated carbocycles. The van der Waals surface area contributed by atoms with Gasteiger partial charge in [-0.3, -0.25) is 4.99 Å². The van der Waals surface area contributed by atoms with Crippen LogP contribution >= 0.6 is 24.0 Å². The Hall–Kier alpha value is -1.03. The summed E-state index contributed by atoms with van der Waals surface area (Å²) in [6.07, 6.45) is 0.624. The smallest absolute Gasteiger partial charge is 0.191 e. The second-order valence-electron chi connectivity index (χ2n) is 7.34. The highest BCUT2D eigenvalue weighted by Crippen LogP contribution is 2.30. The number of hydrogen-bond donors (Lipinski definition) is 2. The van der Waals surface area contributed by atoms with Gasteiger partial charge in [0.25, 0.3) is 0 Å². The van der Waals surface area contributed by atoms with Gasteiger partial charge in [-0.1, -0.05) is 39.0 Å². The van der Waals surface area contributed by atoms with Gasteiger partial charge in [0.2, 0.25) is 0 Å². The maximum Gasteiger partial charge on any atom is 0.191 e. The van der Waals surface area contributed by atoms with E-state index >= 15 is 0 Å². The Kier molecular flexibility index (Phi) is 8.65. The number of para-hydroxylation sites is 1. The monoisotopic (exact) mass is 495 g/mol. The van der Waals surface area contributed by atoms with Crippen LogP contribution in [0.2, 0.25) is 0 Å². The number of halogens is 1. The molecule has 0 aliphatic carbocycles. The molecule has 8 heteroatoms. The summed E-state index contributed by atoms with van der Waals surface area (Å²) in [6.45, 7) is 7.56. The van der Waals surface area contributed by atoms with Gasteiger partial charge in [0, 0.05) is 13.1 Å². The minimum atomic E-state index is -2.90. The number of nitrogens with zero attached hydrogens (tertiary/aromatic N) is 1. The van der Waals surface area contributed by atoms with Crippen LogP contribution in [0.5, 0.6) is 5.75 Å². The molecule has 0 amide bonds. The third-order valence-electron chi connectivity index (χ3n) is 4.14. The summed E-state index contributed by atoms with van der Waals surface area (Å²) >= 11 is 0. The van der Waals surface area contributed by atoms with E-state index in [0.717, 1.165) is 5.75 Å². The molecular weight excluding hydrogens is 465 g/mol. The predicted octanol–water partition coefficient (Wildman–Crippen LogP) is 2.33. The second-order valence-corrected chi connectivity index (χ2v) is 9.57. The molecule has 2 rings (SSSR count). The lowest BCUT2D eigenvalue weighted by Crippen LogP contribution is -2.45. The molecule has 1 fully saturated rings. The third-order valence-corrected chi connectivity index (χ3v) is 5.91. The van der Waals surface area contributed by atoms with Crippen LogP contribution in [0.15, 0.2) is 29.3 Å². The van der Waals surface area contributed by atoms with Crippen molar-refractivity contribution in [3.8, 4) is 5.75 Å². The molecular formula is C18H30IN3O3S. The van der Waals surface area contributed by atoms with E-state index in [2.05, 4.69) is 42.5 Å². The first kappa shape index (κ1) is 23.0. The van der Waals surface area contributed by atoms with E-state index < -0.39 is 9.84 Å². The molecule has 0 spiro atoms. The van der Waals surface area contributed by atoms with Gasteiger partial charge in [-0.15, -0.1) is 24.0 Å². The highest BCUT2D eigenvalue weighted by molar-refractivity contribution is 14.0. The van der Waals surface area contributed by atoms with E-state index in [1.807, 2.05) is 18.2 Å². The van der Waals surface area contributed by atoms with Crippen LogP contribution in [-0.2, 0) is 15.3 Å². The standard InChI is InChI=1S/C18H29N3O3S.HI/c1-18(2,3)15-7-5-6-8-16(15)24-11-10-20-17(19-4)21-14-9-12-25(22,23)13-14;/h5-8,14H,9-13H2,1-4H3,(H2,19,20,21);1H. The first-order chi connectivity index (χ1) is 11.7. The van der Waals surface area contributed by atoms with Gasteiger partial charge in [-0.25, -0.2) is 8.42 Å². The second kappa shape index (κ2) is 9.77. The Balaban J connectivity index is 0.00000338. The molecule has 0 aromatic heterocycles. The Labute approximate surface area is 174 Å². The minimum absolute atomic E-state index is 0. The van der Waals surface area contributed by atoms with Gasteiger partial charge in [-0.2, -0.15) is 0 Å². The van der Waals surface area contributed by atoms with Crippen LogP contribution < -0.4 is 15.4 Å². The first-order valence-corrected chi connectivity index (χ1v) is 10.4. The molecule has 0 radical (unpaired) electrons. The highest BCUT2D eigenvalue weighted by Gasteiger charge is 2.28. The fourth-order valence-electron chi connectivity index (χ4n) is 2.84. The number of hydrogen-bond acceptors (Lipinski definition) is 4. The molecule has 1 aromatic rings. The van der Waals surface area contributed by atoms with Crippen molar-refractivity contribution < 1.29 is 13.2 Å². The van der Waals surface area contributed by atoms with Crippen molar-refractivity contribution in [2.75, 3.05) is 31.7 Å². The minimum Gasteiger partial charge on any atom is -0.491 e. The average Bonchev–Trinajstić information content (AvgIpc) is 2.88. The number of benzene rings is 1. The van der Waals surface area contributed by atoms with Crippen LogP contribution in [0, 0.1) is 0 Å². The maximum atomic E-state index is 11.5. The SMILES string of the molecule is CN=C(NCCOc1ccccc1C(C)(C)C)NC1CCS(=O)(=O)C1.I. The summed E-state index contributed by atoms with van der Waals surface area (Å²) in [4.78, 5) is 4.14. The summed E-state index contributed by atoms with van der Waals surface area (Å²) in [7, 11) is -1.22. The summed E-state index contributed by atoms with van der Waals surface area (Å²) in [6, 6.07) is 7.99. The lowest BCUT2D eigenvalue weighted by atomic mass is 9.86. The zero-order valence-electron chi connectivity index (χ0n) is 15.9. The van der Waals surface area contributed by atoms with Gasteiger partial charge in [-0.05, 0) is 23.5 Å². The zero-order chi connectivity index (χ0) is 18.5. The molecule has 6 nitrogen and oxygen atoms in total. The summed E-state index contributed by atoms with van der Waals surface area (Å²) in [5.41, 5.74) is 1.20. The average molecular weight is 495 g/mol. The summed E-state index contributed by atoms with van der Waals surface area (Å²) < 4.78 is 29.0. The summed E-state index contributed by atoms with van der Waals surface area (Å²) in [5.74, 6) is 1.91. The van der Waals surface area contributed by atoms with Crippen LogP contribution in [0.1, 0.15) is 32.8 Å². The predicted molar refractivity (Wildman–Crippen MR) is 118 cm³/mol. The number of guanidine groups is 1. The fourth-order valence-corrected chi connectivity index (χ4v) is 4.51. The number of ether oxygens (including phenoxy) is 1. The van der Waals surface area contributed by atoms with E-state index in [-0.39, 0.29) is 46.9 Å².